The Morgan fingerprint density at radius 2 is 2.00 bits per heavy atom. The Balaban J connectivity index is 2.18. The molecule has 1 aromatic carbocycles. The highest BCUT2D eigenvalue weighted by Gasteiger charge is 2.25. The smallest absolute Gasteiger partial charge is 0.123 e. The van der Waals surface area contributed by atoms with Crippen molar-refractivity contribution in [2.24, 2.45) is 5.73 Å². The van der Waals surface area contributed by atoms with Crippen LogP contribution in [0.5, 0.6) is 5.75 Å². The standard InChI is InChI=1S/C15H24ClN3O/c1-3-18-6-8-19(9-7-18)14(11-17)13-10-12(16)4-5-15(13)20-2/h4-5,10,14H,3,6-9,11,17H2,1-2H3. The lowest BCUT2D eigenvalue weighted by atomic mass is 10.0. The van der Waals surface area contributed by atoms with Crippen LogP contribution in [0.4, 0.5) is 0 Å². The summed E-state index contributed by atoms with van der Waals surface area (Å²) in [6, 6.07) is 5.92. The molecule has 1 heterocycles. The summed E-state index contributed by atoms with van der Waals surface area (Å²) in [6.07, 6.45) is 0. The third-order valence-electron chi connectivity index (χ3n) is 4.07. The maximum Gasteiger partial charge on any atom is 0.123 e. The van der Waals surface area contributed by atoms with Gasteiger partial charge in [0.1, 0.15) is 5.75 Å². The topological polar surface area (TPSA) is 41.7 Å². The maximum atomic E-state index is 6.14. The molecule has 4 nitrogen and oxygen atoms in total. The lowest BCUT2D eigenvalue weighted by Gasteiger charge is -2.39. The van der Waals surface area contributed by atoms with Crippen molar-refractivity contribution in [2.45, 2.75) is 13.0 Å². The zero-order valence-electron chi connectivity index (χ0n) is 12.3. The largest absolute Gasteiger partial charge is 0.496 e. The molecule has 2 rings (SSSR count). The van der Waals surface area contributed by atoms with Gasteiger partial charge in [-0.25, -0.2) is 0 Å². The number of likely N-dealkylation sites (N-methyl/N-ethyl adjacent to an activating group) is 1. The van der Waals surface area contributed by atoms with Crippen molar-refractivity contribution in [2.75, 3.05) is 46.4 Å². The van der Waals surface area contributed by atoms with Crippen LogP contribution in [0.25, 0.3) is 0 Å². The van der Waals surface area contributed by atoms with Crippen LogP contribution in [-0.4, -0.2) is 56.2 Å². The summed E-state index contributed by atoms with van der Waals surface area (Å²) in [7, 11) is 1.69. The van der Waals surface area contributed by atoms with Crippen molar-refractivity contribution in [3.8, 4) is 5.75 Å². The van der Waals surface area contributed by atoms with Crippen molar-refractivity contribution in [1.82, 2.24) is 9.80 Å². The first-order chi connectivity index (χ1) is 9.69. The first-order valence-corrected chi connectivity index (χ1v) is 7.57. The molecular formula is C15H24ClN3O. The monoisotopic (exact) mass is 297 g/mol. The molecule has 1 atom stereocenters. The van der Waals surface area contributed by atoms with E-state index in [0.717, 1.165) is 49.1 Å². The molecule has 2 N–H and O–H groups in total. The number of hydrogen-bond acceptors (Lipinski definition) is 4. The van der Waals surface area contributed by atoms with Gasteiger partial charge in [-0.2, -0.15) is 0 Å². The Morgan fingerprint density at radius 1 is 1.30 bits per heavy atom. The van der Waals surface area contributed by atoms with Crippen LogP contribution in [0, 0.1) is 0 Å². The minimum atomic E-state index is 0.169. The van der Waals surface area contributed by atoms with Gasteiger partial charge in [0.05, 0.1) is 13.2 Å². The first kappa shape index (κ1) is 15.6. The summed E-state index contributed by atoms with van der Waals surface area (Å²) in [6.45, 7) is 8.14. The van der Waals surface area contributed by atoms with Crippen LogP contribution in [0.3, 0.4) is 0 Å². The molecule has 1 fully saturated rings. The average molecular weight is 298 g/mol. The second-order valence-electron chi connectivity index (χ2n) is 5.11. The van der Waals surface area contributed by atoms with E-state index in [1.807, 2.05) is 18.2 Å². The number of ether oxygens (including phenoxy) is 1. The lowest BCUT2D eigenvalue weighted by Crippen LogP contribution is -2.48. The third-order valence-corrected chi connectivity index (χ3v) is 4.30. The van der Waals surface area contributed by atoms with E-state index in [4.69, 9.17) is 22.1 Å². The molecule has 0 aromatic heterocycles. The SMILES string of the molecule is CCN1CCN(C(CN)c2cc(Cl)ccc2OC)CC1. The molecule has 0 radical (unpaired) electrons. The highest BCUT2D eigenvalue weighted by Crippen LogP contribution is 2.31. The van der Waals surface area contributed by atoms with Gasteiger partial charge in [0, 0.05) is 43.3 Å². The number of benzene rings is 1. The van der Waals surface area contributed by atoms with Gasteiger partial charge in [-0.05, 0) is 24.7 Å². The minimum Gasteiger partial charge on any atom is -0.496 e. The summed E-state index contributed by atoms with van der Waals surface area (Å²) in [5.41, 5.74) is 7.11. The van der Waals surface area contributed by atoms with E-state index >= 15 is 0 Å². The van der Waals surface area contributed by atoms with E-state index in [0.29, 0.717) is 6.54 Å². The highest BCUT2D eigenvalue weighted by atomic mass is 35.5. The van der Waals surface area contributed by atoms with Crippen LogP contribution in [-0.2, 0) is 0 Å². The minimum absolute atomic E-state index is 0.169. The lowest BCUT2D eigenvalue weighted by molar-refractivity contribution is 0.101. The molecule has 0 bridgehead atoms. The number of nitrogens with zero attached hydrogens (tertiary/aromatic N) is 2. The highest BCUT2D eigenvalue weighted by molar-refractivity contribution is 6.30. The molecule has 0 saturated carbocycles. The predicted molar refractivity (Wildman–Crippen MR) is 83.5 cm³/mol. The summed E-state index contributed by atoms with van der Waals surface area (Å²) in [5, 5.41) is 0.728. The molecule has 1 aromatic rings. The number of halogens is 1. The van der Waals surface area contributed by atoms with Crippen molar-refractivity contribution >= 4 is 11.6 Å². The van der Waals surface area contributed by atoms with Gasteiger partial charge >= 0.3 is 0 Å². The summed E-state index contributed by atoms with van der Waals surface area (Å²) >= 11 is 6.14. The zero-order valence-corrected chi connectivity index (χ0v) is 13.1. The zero-order chi connectivity index (χ0) is 14.5. The second-order valence-corrected chi connectivity index (χ2v) is 5.54. The van der Waals surface area contributed by atoms with Crippen LogP contribution in [0.15, 0.2) is 18.2 Å². The molecule has 0 amide bonds. The van der Waals surface area contributed by atoms with Gasteiger partial charge in [-0.3, -0.25) is 4.90 Å². The van der Waals surface area contributed by atoms with Crippen LogP contribution in [0.1, 0.15) is 18.5 Å². The molecule has 20 heavy (non-hydrogen) atoms. The van der Waals surface area contributed by atoms with Gasteiger partial charge in [0.25, 0.3) is 0 Å². The average Bonchev–Trinajstić information content (AvgIpc) is 2.49. The number of hydrogen-bond donors (Lipinski definition) is 1. The molecule has 1 unspecified atom stereocenters. The van der Waals surface area contributed by atoms with Crippen LogP contribution >= 0.6 is 11.6 Å². The molecule has 112 valence electrons. The Kier molecular flexibility index (Phi) is 5.66. The molecule has 0 spiro atoms. The van der Waals surface area contributed by atoms with Crippen LogP contribution < -0.4 is 10.5 Å². The Morgan fingerprint density at radius 3 is 2.55 bits per heavy atom. The normalized spacial score (nSPS) is 19.0. The van der Waals surface area contributed by atoms with Gasteiger partial charge in [0.15, 0.2) is 0 Å². The fourth-order valence-corrected chi connectivity index (χ4v) is 3.01. The number of rotatable bonds is 5. The molecular weight excluding hydrogens is 274 g/mol. The van der Waals surface area contributed by atoms with Gasteiger partial charge in [-0.1, -0.05) is 18.5 Å². The van der Waals surface area contributed by atoms with E-state index in [9.17, 15) is 0 Å². The molecule has 1 aliphatic rings. The number of piperazine rings is 1. The fraction of sp³-hybridized carbons (Fsp3) is 0.600. The van der Waals surface area contributed by atoms with Gasteiger partial charge in [0.2, 0.25) is 0 Å². The van der Waals surface area contributed by atoms with E-state index in [1.165, 1.54) is 0 Å². The Hall–Kier alpha value is -0.810. The molecule has 0 aliphatic carbocycles. The van der Waals surface area contributed by atoms with E-state index < -0.39 is 0 Å². The molecule has 5 heteroatoms. The molecule has 1 saturated heterocycles. The third kappa shape index (κ3) is 3.44. The quantitative estimate of drug-likeness (QED) is 0.902. The van der Waals surface area contributed by atoms with E-state index in [2.05, 4.69) is 16.7 Å². The summed E-state index contributed by atoms with van der Waals surface area (Å²) in [4.78, 5) is 4.89. The van der Waals surface area contributed by atoms with E-state index in [1.54, 1.807) is 7.11 Å². The van der Waals surface area contributed by atoms with Gasteiger partial charge < -0.3 is 15.4 Å². The first-order valence-electron chi connectivity index (χ1n) is 7.19. The van der Waals surface area contributed by atoms with Crippen molar-refractivity contribution in [3.63, 3.8) is 0 Å². The summed E-state index contributed by atoms with van der Waals surface area (Å²) in [5.74, 6) is 0.864. The van der Waals surface area contributed by atoms with Crippen molar-refractivity contribution < 1.29 is 4.74 Å². The van der Waals surface area contributed by atoms with E-state index in [-0.39, 0.29) is 6.04 Å². The van der Waals surface area contributed by atoms with Crippen molar-refractivity contribution in [3.05, 3.63) is 28.8 Å². The predicted octanol–water partition coefficient (Wildman–Crippen LogP) is 1.99. The Bertz CT molecular complexity index is 433. The maximum absolute atomic E-state index is 6.14. The number of methoxy groups -OCH3 is 1. The van der Waals surface area contributed by atoms with Gasteiger partial charge in [-0.15, -0.1) is 0 Å². The Labute approximate surface area is 126 Å². The summed E-state index contributed by atoms with van der Waals surface area (Å²) < 4.78 is 5.46. The fourth-order valence-electron chi connectivity index (χ4n) is 2.83. The number of nitrogens with two attached hydrogens (primary N) is 1. The second kappa shape index (κ2) is 7.27. The van der Waals surface area contributed by atoms with Crippen molar-refractivity contribution in [1.29, 1.82) is 0 Å². The molecule has 1 aliphatic heterocycles. The van der Waals surface area contributed by atoms with Crippen LogP contribution in [0.2, 0.25) is 5.02 Å².